The fourth-order valence-corrected chi connectivity index (χ4v) is 2.32. The number of nitrogens with one attached hydrogen (secondary N) is 1. The maximum atomic E-state index is 12.5. The van der Waals surface area contributed by atoms with E-state index in [0.29, 0.717) is 5.76 Å². The lowest BCUT2D eigenvalue weighted by molar-refractivity contribution is -0.130. The molecule has 1 aromatic heterocycles. The van der Waals surface area contributed by atoms with Crippen LogP contribution in [-0.4, -0.2) is 22.7 Å². The van der Waals surface area contributed by atoms with Crippen LogP contribution in [0.25, 0.3) is 6.08 Å². The lowest BCUT2D eigenvalue weighted by Gasteiger charge is -2.25. The molecule has 6 nitrogen and oxygen atoms in total. The van der Waals surface area contributed by atoms with Gasteiger partial charge in [0.1, 0.15) is 11.3 Å². The maximum absolute atomic E-state index is 12.5. The molecule has 0 spiro atoms. The van der Waals surface area contributed by atoms with Gasteiger partial charge in [-0.2, -0.15) is 0 Å². The van der Waals surface area contributed by atoms with Crippen molar-refractivity contribution in [1.82, 2.24) is 10.2 Å². The van der Waals surface area contributed by atoms with Crippen molar-refractivity contribution in [2.75, 3.05) is 0 Å². The third-order valence-corrected chi connectivity index (χ3v) is 3.43. The van der Waals surface area contributed by atoms with Crippen LogP contribution in [0.2, 0.25) is 0 Å². The summed E-state index contributed by atoms with van der Waals surface area (Å²) in [6.07, 6.45) is 2.93. The molecule has 23 heavy (non-hydrogen) atoms. The smallest absolute Gasteiger partial charge is 0.331 e. The summed E-state index contributed by atoms with van der Waals surface area (Å²) in [6.45, 7) is 1.88. The fraction of sp³-hybridized carbons (Fsp3) is 0.118. The first-order valence-electron chi connectivity index (χ1n) is 7.02. The molecule has 3 rings (SSSR count). The topological polar surface area (TPSA) is 79.6 Å². The van der Waals surface area contributed by atoms with Gasteiger partial charge in [0.25, 0.3) is 11.8 Å². The van der Waals surface area contributed by atoms with Gasteiger partial charge in [0.05, 0.1) is 12.8 Å². The third kappa shape index (κ3) is 3.06. The molecule has 4 amide bonds. The number of furan rings is 1. The number of rotatable bonds is 3. The van der Waals surface area contributed by atoms with Gasteiger partial charge in [-0.25, -0.2) is 4.79 Å². The molecule has 2 heterocycles. The molecule has 0 saturated carbocycles. The number of barbiturate groups is 1. The molecule has 0 aliphatic carbocycles. The lowest BCUT2D eigenvalue weighted by Crippen LogP contribution is -2.53. The average molecular weight is 310 g/mol. The minimum Gasteiger partial charge on any atom is -0.467 e. The molecule has 6 heteroatoms. The van der Waals surface area contributed by atoms with Gasteiger partial charge in [-0.1, -0.05) is 29.8 Å². The van der Waals surface area contributed by atoms with E-state index in [1.165, 1.54) is 12.3 Å². The Morgan fingerprint density at radius 2 is 2.00 bits per heavy atom. The largest absolute Gasteiger partial charge is 0.467 e. The van der Waals surface area contributed by atoms with Gasteiger partial charge >= 0.3 is 6.03 Å². The molecule has 0 atom stereocenters. The minimum atomic E-state index is -0.752. The van der Waals surface area contributed by atoms with Gasteiger partial charge in [0, 0.05) is 0 Å². The number of amides is 4. The number of hydrogen-bond donors (Lipinski definition) is 1. The van der Waals surface area contributed by atoms with E-state index in [9.17, 15) is 14.4 Å². The summed E-state index contributed by atoms with van der Waals surface area (Å²) in [7, 11) is 0. The second-order valence-electron chi connectivity index (χ2n) is 5.20. The molecule has 1 N–H and O–H groups in total. The zero-order chi connectivity index (χ0) is 16.4. The van der Waals surface area contributed by atoms with E-state index < -0.39 is 17.8 Å². The molecule has 0 bridgehead atoms. The molecule has 1 aromatic carbocycles. The Balaban J connectivity index is 1.92. The molecule has 0 radical (unpaired) electrons. The number of nitrogens with zero attached hydrogens (tertiary/aromatic N) is 1. The zero-order valence-electron chi connectivity index (χ0n) is 12.4. The third-order valence-electron chi connectivity index (χ3n) is 3.43. The van der Waals surface area contributed by atoms with Crippen molar-refractivity contribution in [1.29, 1.82) is 0 Å². The van der Waals surface area contributed by atoms with Crippen LogP contribution in [0.5, 0.6) is 0 Å². The summed E-state index contributed by atoms with van der Waals surface area (Å²) in [5.74, 6) is -0.883. The number of benzene rings is 1. The standard InChI is InChI=1S/C17H14N2O4/c1-11-4-2-5-12(8-11)9-14-15(20)18-17(22)19(16(14)21)10-13-6-3-7-23-13/h2-9H,10H2,1H3,(H,18,20,22)/b14-9+. The van der Waals surface area contributed by atoms with E-state index in [4.69, 9.17) is 4.42 Å². The van der Waals surface area contributed by atoms with Gasteiger partial charge in [0.2, 0.25) is 0 Å². The molecule has 2 aromatic rings. The van der Waals surface area contributed by atoms with Crippen LogP contribution in [0.4, 0.5) is 4.79 Å². The van der Waals surface area contributed by atoms with E-state index >= 15 is 0 Å². The Hall–Kier alpha value is -3.15. The number of carbonyl (C=O) groups is 3. The number of hydrogen-bond acceptors (Lipinski definition) is 4. The number of urea groups is 1. The van der Waals surface area contributed by atoms with Crippen LogP contribution < -0.4 is 5.32 Å². The van der Waals surface area contributed by atoms with Gasteiger partial charge in [-0.3, -0.25) is 19.8 Å². The molecule has 116 valence electrons. The summed E-state index contributed by atoms with van der Waals surface area (Å²) in [5, 5.41) is 2.17. The molecular weight excluding hydrogens is 296 g/mol. The Labute approximate surface area is 132 Å². The van der Waals surface area contributed by atoms with Crippen molar-refractivity contribution in [2.45, 2.75) is 13.5 Å². The van der Waals surface area contributed by atoms with E-state index in [-0.39, 0.29) is 12.1 Å². The van der Waals surface area contributed by atoms with Crippen LogP contribution in [0.15, 0.2) is 52.7 Å². The number of carbonyl (C=O) groups excluding carboxylic acids is 3. The van der Waals surface area contributed by atoms with Gasteiger partial charge < -0.3 is 4.42 Å². The van der Waals surface area contributed by atoms with Crippen molar-refractivity contribution in [3.05, 3.63) is 65.1 Å². The average Bonchev–Trinajstić information content (AvgIpc) is 3.01. The summed E-state index contributed by atoms with van der Waals surface area (Å²) >= 11 is 0. The van der Waals surface area contributed by atoms with Gasteiger partial charge in [0.15, 0.2) is 0 Å². The Morgan fingerprint density at radius 3 is 2.70 bits per heavy atom. The number of imide groups is 2. The molecule has 1 saturated heterocycles. The van der Waals surface area contributed by atoms with Crippen LogP contribution in [0.1, 0.15) is 16.9 Å². The van der Waals surface area contributed by atoms with Gasteiger partial charge in [-0.05, 0) is 30.7 Å². The predicted molar refractivity (Wildman–Crippen MR) is 82.0 cm³/mol. The number of aryl methyl sites for hydroxylation is 1. The Bertz CT molecular complexity index is 806. The summed E-state index contributed by atoms with van der Waals surface area (Å²) < 4.78 is 5.15. The van der Waals surface area contributed by atoms with Crippen molar-refractivity contribution < 1.29 is 18.8 Å². The van der Waals surface area contributed by atoms with Crippen molar-refractivity contribution >= 4 is 23.9 Å². The van der Waals surface area contributed by atoms with E-state index in [1.807, 2.05) is 25.1 Å². The Morgan fingerprint density at radius 1 is 1.17 bits per heavy atom. The fourth-order valence-electron chi connectivity index (χ4n) is 2.32. The first kappa shape index (κ1) is 14.8. The van der Waals surface area contributed by atoms with Crippen molar-refractivity contribution in [2.24, 2.45) is 0 Å². The molecule has 1 aliphatic rings. The van der Waals surface area contributed by atoms with Crippen molar-refractivity contribution in [3.63, 3.8) is 0 Å². The SMILES string of the molecule is Cc1cccc(/C=C2\C(=O)NC(=O)N(Cc3ccco3)C2=O)c1. The summed E-state index contributed by atoms with van der Waals surface area (Å²) in [4.78, 5) is 37.3. The van der Waals surface area contributed by atoms with Crippen LogP contribution in [0.3, 0.4) is 0 Å². The lowest BCUT2D eigenvalue weighted by atomic mass is 10.1. The van der Waals surface area contributed by atoms with Gasteiger partial charge in [-0.15, -0.1) is 0 Å². The van der Waals surface area contributed by atoms with Crippen LogP contribution in [0, 0.1) is 6.92 Å². The normalized spacial score (nSPS) is 16.8. The molecule has 1 aliphatic heterocycles. The van der Waals surface area contributed by atoms with E-state index in [1.54, 1.807) is 18.2 Å². The van der Waals surface area contributed by atoms with E-state index in [0.717, 1.165) is 16.0 Å². The highest BCUT2D eigenvalue weighted by molar-refractivity contribution is 6.30. The maximum Gasteiger partial charge on any atom is 0.331 e. The molecule has 1 fully saturated rings. The van der Waals surface area contributed by atoms with E-state index in [2.05, 4.69) is 5.32 Å². The zero-order valence-corrected chi connectivity index (χ0v) is 12.4. The highest BCUT2D eigenvalue weighted by Crippen LogP contribution is 2.17. The first-order chi connectivity index (χ1) is 11.0. The second kappa shape index (κ2) is 5.92. The molecule has 0 unspecified atom stereocenters. The van der Waals surface area contributed by atoms with Crippen LogP contribution in [-0.2, 0) is 16.1 Å². The minimum absolute atomic E-state index is 0.0316. The Kier molecular flexibility index (Phi) is 3.80. The predicted octanol–water partition coefficient (Wildman–Crippen LogP) is 2.25. The quantitative estimate of drug-likeness (QED) is 0.696. The summed E-state index contributed by atoms with van der Waals surface area (Å²) in [6, 6.07) is 9.94. The summed E-state index contributed by atoms with van der Waals surface area (Å²) in [5.41, 5.74) is 1.64. The highest BCUT2D eigenvalue weighted by atomic mass is 16.3. The van der Waals surface area contributed by atoms with Crippen molar-refractivity contribution in [3.8, 4) is 0 Å². The highest BCUT2D eigenvalue weighted by Gasteiger charge is 2.36. The second-order valence-corrected chi connectivity index (χ2v) is 5.20. The first-order valence-corrected chi connectivity index (χ1v) is 7.02. The molecular formula is C17H14N2O4. The monoisotopic (exact) mass is 310 g/mol. The van der Waals surface area contributed by atoms with Crippen LogP contribution >= 0.6 is 0 Å².